The van der Waals surface area contributed by atoms with Gasteiger partial charge in [0, 0.05) is 31.7 Å². The van der Waals surface area contributed by atoms with Crippen LogP contribution in [0.25, 0.3) is 10.9 Å². The van der Waals surface area contributed by atoms with E-state index in [0.717, 1.165) is 31.0 Å². The second-order valence-corrected chi connectivity index (χ2v) is 6.03. The van der Waals surface area contributed by atoms with E-state index in [1.807, 2.05) is 24.0 Å². The normalized spacial score (nSPS) is 11.1. The van der Waals surface area contributed by atoms with Crippen molar-refractivity contribution in [1.82, 2.24) is 15.6 Å². The van der Waals surface area contributed by atoms with Crippen LogP contribution >= 0.6 is 35.7 Å². The third-order valence-corrected chi connectivity index (χ3v) is 4.15. The zero-order valence-corrected chi connectivity index (χ0v) is 16.9. The number of aliphatic imine (C=N–C) groups is 1. The fourth-order valence-electron chi connectivity index (χ4n) is 2.29. The van der Waals surface area contributed by atoms with Crippen molar-refractivity contribution in [3.8, 4) is 0 Å². The Labute approximate surface area is 160 Å². The maximum Gasteiger partial charge on any atom is 0.191 e. The molecule has 2 N–H and O–H groups in total. The molecule has 6 heteroatoms. The molecule has 23 heavy (non-hydrogen) atoms. The minimum absolute atomic E-state index is 0. The number of para-hydroxylation sites is 1. The van der Waals surface area contributed by atoms with Gasteiger partial charge in [-0.15, -0.1) is 24.0 Å². The lowest BCUT2D eigenvalue weighted by atomic mass is 10.1. The third kappa shape index (κ3) is 6.55. The van der Waals surface area contributed by atoms with E-state index >= 15 is 0 Å². The fourth-order valence-corrected chi connectivity index (χ4v) is 2.78. The van der Waals surface area contributed by atoms with E-state index in [1.54, 1.807) is 7.05 Å². The number of hydrogen-bond donors (Lipinski definition) is 2. The molecule has 0 amide bonds. The summed E-state index contributed by atoms with van der Waals surface area (Å²) in [4.78, 5) is 8.75. The van der Waals surface area contributed by atoms with Crippen LogP contribution in [0.2, 0.25) is 0 Å². The first-order valence-electron chi connectivity index (χ1n) is 7.61. The van der Waals surface area contributed by atoms with Crippen molar-refractivity contribution in [3.05, 3.63) is 42.1 Å². The van der Waals surface area contributed by atoms with Gasteiger partial charge in [-0.05, 0) is 36.5 Å². The van der Waals surface area contributed by atoms with Crippen LogP contribution in [0.5, 0.6) is 0 Å². The summed E-state index contributed by atoms with van der Waals surface area (Å²) >= 11 is 1.89. The number of guanidine groups is 1. The Morgan fingerprint density at radius 3 is 2.78 bits per heavy atom. The van der Waals surface area contributed by atoms with Crippen LogP contribution in [0.4, 0.5) is 0 Å². The first-order valence-corrected chi connectivity index (χ1v) is 9.00. The van der Waals surface area contributed by atoms with Crippen LogP contribution in [0.15, 0.2) is 41.5 Å². The monoisotopic (exact) mass is 444 g/mol. The molecule has 0 aliphatic rings. The van der Waals surface area contributed by atoms with Crippen LogP contribution in [-0.2, 0) is 6.54 Å². The molecular formula is C17H25IN4S. The zero-order chi connectivity index (χ0) is 15.6. The Morgan fingerprint density at radius 2 is 2.00 bits per heavy atom. The van der Waals surface area contributed by atoms with Gasteiger partial charge in [-0.2, -0.15) is 11.8 Å². The number of hydrogen-bond acceptors (Lipinski definition) is 3. The van der Waals surface area contributed by atoms with Crippen LogP contribution < -0.4 is 10.6 Å². The highest BCUT2D eigenvalue weighted by atomic mass is 127. The highest BCUT2D eigenvalue weighted by molar-refractivity contribution is 14.0. The van der Waals surface area contributed by atoms with E-state index in [4.69, 9.17) is 0 Å². The molecule has 0 fully saturated rings. The molecule has 2 aromatic rings. The van der Waals surface area contributed by atoms with E-state index in [2.05, 4.69) is 51.1 Å². The molecule has 0 unspecified atom stereocenters. The molecule has 0 atom stereocenters. The number of halogens is 1. The molecule has 1 aromatic heterocycles. The summed E-state index contributed by atoms with van der Waals surface area (Å²) in [5.41, 5.74) is 2.23. The number of rotatable bonds is 7. The average molecular weight is 444 g/mol. The number of nitrogens with one attached hydrogen (secondary N) is 2. The lowest BCUT2D eigenvalue weighted by Crippen LogP contribution is -2.37. The molecule has 0 aliphatic heterocycles. The molecule has 126 valence electrons. The van der Waals surface area contributed by atoms with Crippen molar-refractivity contribution in [2.45, 2.75) is 19.4 Å². The van der Waals surface area contributed by atoms with Gasteiger partial charge in [-0.1, -0.05) is 24.3 Å². The number of fused-ring (bicyclic) bond motifs is 1. The number of aromatic nitrogens is 1. The summed E-state index contributed by atoms with van der Waals surface area (Å²) in [6, 6.07) is 10.3. The first-order chi connectivity index (χ1) is 10.8. The van der Waals surface area contributed by atoms with Crippen molar-refractivity contribution in [3.63, 3.8) is 0 Å². The number of thioether (sulfide) groups is 1. The molecule has 1 heterocycles. The lowest BCUT2D eigenvalue weighted by molar-refractivity contribution is 0.733. The van der Waals surface area contributed by atoms with Gasteiger partial charge in [0.15, 0.2) is 5.96 Å². The van der Waals surface area contributed by atoms with Crippen molar-refractivity contribution < 1.29 is 0 Å². The van der Waals surface area contributed by atoms with E-state index in [9.17, 15) is 0 Å². The van der Waals surface area contributed by atoms with E-state index in [0.29, 0.717) is 0 Å². The topological polar surface area (TPSA) is 49.3 Å². The van der Waals surface area contributed by atoms with Gasteiger partial charge in [0.05, 0.1) is 5.52 Å². The van der Waals surface area contributed by atoms with E-state index < -0.39 is 0 Å². The molecule has 1 aromatic carbocycles. The number of unbranched alkanes of at least 4 members (excludes halogenated alkanes) is 1. The first kappa shape index (κ1) is 20.0. The summed E-state index contributed by atoms with van der Waals surface area (Å²) in [6.45, 7) is 1.67. The minimum atomic E-state index is 0. The van der Waals surface area contributed by atoms with Crippen LogP contribution in [0.1, 0.15) is 18.4 Å². The molecular weight excluding hydrogens is 419 g/mol. The second kappa shape index (κ2) is 11.5. The quantitative estimate of drug-likeness (QED) is 0.296. The minimum Gasteiger partial charge on any atom is -0.356 e. The maximum atomic E-state index is 4.48. The highest BCUT2D eigenvalue weighted by Gasteiger charge is 2.03. The summed E-state index contributed by atoms with van der Waals surface area (Å²) in [5, 5.41) is 7.89. The standard InChI is InChI=1S/C17H24N4S.HI/c1-18-17(20-10-3-4-12-22-2)21-13-15-8-5-7-14-9-6-11-19-16(14)15;/h5-9,11H,3-4,10,12-13H2,1-2H3,(H2,18,20,21);1H. The predicted molar refractivity (Wildman–Crippen MR) is 113 cm³/mol. The zero-order valence-electron chi connectivity index (χ0n) is 13.7. The Bertz CT molecular complexity index is 613. The third-order valence-electron chi connectivity index (χ3n) is 3.45. The lowest BCUT2D eigenvalue weighted by Gasteiger charge is -2.12. The molecule has 0 saturated carbocycles. The average Bonchev–Trinajstić information content (AvgIpc) is 2.57. The molecule has 4 nitrogen and oxygen atoms in total. The molecule has 0 radical (unpaired) electrons. The molecule has 0 bridgehead atoms. The van der Waals surface area contributed by atoms with Gasteiger partial charge >= 0.3 is 0 Å². The van der Waals surface area contributed by atoms with Gasteiger partial charge in [0.25, 0.3) is 0 Å². The van der Waals surface area contributed by atoms with Gasteiger partial charge in [0.2, 0.25) is 0 Å². The summed E-state index contributed by atoms with van der Waals surface area (Å²) in [7, 11) is 1.80. The van der Waals surface area contributed by atoms with Crippen molar-refractivity contribution >= 4 is 52.6 Å². The van der Waals surface area contributed by atoms with Gasteiger partial charge in [-0.25, -0.2) is 0 Å². The van der Waals surface area contributed by atoms with Crippen molar-refractivity contribution in [2.75, 3.05) is 25.6 Å². The smallest absolute Gasteiger partial charge is 0.191 e. The molecule has 0 spiro atoms. The van der Waals surface area contributed by atoms with Crippen LogP contribution in [-0.4, -0.2) is 36.5 Å². The SMILES string of the molecule is CN=C(NCCCCSC)NCc1cccc2cccnc12.I. The highest BCUT2D eigenvalue weighted by Crippen LogP contribution is 2.15. The Hall–Kier alpha value is -1.02. The molecule has 2 rings (SSSR count). The van der Waals surface area contributed by atoms with Crippen molar-refractivity contribution in [2.24, 2.45) is 4.99 Å². The Morgan fingerprint density at radius 1 is 1.17 bits per heavy atom. The largest absolute Gasteiger partial charge is 0.356 e. The fraction of sp³-hybridized carbons (Fsp3) is 0.412. The summed E-state index contributed by atoms with van der Waals surface area (Å²) < 4.78 is 0. The number of benzene rings is 1. The maximum absolute atomic E-state index is 4.48. The second-order valence-electron chi connectivity index (χ2n) is 5.04. The van der Waals surface area contributed by atoms with Crippen molar-refractivity contribution in [1.29, 1.82) is 0 Å². The van der Waals surface area contributed by atoms with E-state index in [1.165, 1.54) is 23.1 Å². The van der Waals surface area contributed by atoms with Gasteiger partial charge < -0.3 is 10.6 Å². The van der Waals surface area contributed by atoms with Gasteiger partial charge in [-0.3, -0.25) is 9.98 Å². The Balaban J connectivity index is 0.00000264. The molecule has 0 aliphatic carbocycles. The summed E-state index contributed by atoms with van der Waals surface area (Å²) in [5.74, 6) is 2.06. The number of pyridine rings is 1. The van der Waals surface area contributed by atoms with Crippen LogP contribution in [0, 0.1) is 0 Å². The van der Waals surface area contributed by atoms with Gasteiger partial charge in [0.1, 0.15) is 0 Å². The van der Waals surface area contributed by atoms with E-state index in [-0.39, 0.29) is 24.0 Å². The summed E-state index contributed by atoms with van der Waals surface area (Å²) in [6.07, 6.45) is 6.38. The predicted octanol–water partition coefficient (Wildman–Crippen LogP) is 3.66. The molecule has 0 saturated heterocycles. The number of nitrogens with zero attached hydrogens (tertiary/aromatic N) is 2. The van der Waals surface area contributed by atoms with Crippen LogP contribution in [0.3, 0.4) is 0 Å². The Kier molecular flexibility index (Phi) is 10.0.